The van der Waals surface area contributed by atoms with E-state index < -0.39 is 0 Å². The zero-order valence-corrected chi connectivity index (χ0v) is 12.3. The highest BCUT2D eigenvalue weighted by Gasteiger charge is 2.07. The van der Waals surface area contributed by atoms with Crippen molar-refractivity contribution in [2.45, 2.75) is 38.6 Å². The molecule has 0 aromatic heterocycles. The standard InChI is InChI=1S/C18H23NO/c1-14(8-9-15(2)19)16-10-12-18(13-11-16)20-17-6-4-3-5-7-17/h3-7,10-15H,8-9,19H2,1-2H3. The molecule has 106 valence electrons. The summed E-state index contributed by atoms with van der Waals surface area (Å²) in [6.07, 6.45) is 2.18. The van der Waals surface area contributed by atoms with Gasteiger partial charge < -0.3 is 10.5 Å². The van der Waals surface area contributed by atoms with Crippen molar-refractivity contribution < 1.29 is 4.74 Å². The highest BCUT2D eigenvalue weighted by Crippen LogP contribution is 2.26. The Morgan fingerprint density at radius 2 is 1.45 bits per heavy atom. The van der Waals surface area contributed by atoms with Crippen LogP contribution >= 0.6 is 0 Å². The van der Waals surface area contributed by atoms with Crippen LogP contribution in [0.2, 0.25) is 0 Å². The van der Waals surface area contributed by atoms with Gasteiger partial charge >= 0.3 is 0 Å². The maximum Gasteiger partial charge on any atom is 0.127 e. The fraction of sp³-hybridized carbons (Fsp3) is 0.333. The minimum atomic E-state index is 0.276. The molecule has 0 aliphatic rings. The summed E-state index contributed by atoms with van der Waals surface area (Å²) in [4.78, 5) is 0. The van der Waals surface area contributed by atoms with E-state index in [1.807, 2.05) is 42.5 Å². The monoisotopic (exact) mass is 269 g/mol. The first-order valence-electron chi connectivity index (χ1n) is 7.23. The van der Waals surface area contributed by atoms with Crippen molar-refractivity contribution in [1.82, 2.24) is 0 Å². The lowest BCUT2D eigenvalue weighted by Gasteiger charge is -2.14. The molecule has 0 radical (unpaired) electrons. The van der Waals surface area contributed by atoms with Crippen LogP contribution in [0.15, 0.2) is 54.6 Å². The molecule has 0 spiro atoms. The van der Waals surface area contributed by atoms with Crippen molar-refractivity contribution in [2.75, 3.05) is 0 Å². The summed E-state index contributed by atoms with van der Waals surface area (Å²) in [6, 6.07) is 18.5. The first-order chi connectivity index (χ1) is 9.65. The minimum Gasteiger partial charge on any atom is -0.457 e. The summed E-state index contributed by atoms with van der Waals surface area (Å²) in [6.45, 7) is 4.30. The minimum absolute atomic E-state index is 0.276. The third kappa shape index (κ3) is 4.39. The molecule has 0 saturated heterocycles. The van der Waals surface area contributed by atoms with Crippen LogP contribution in [0, 0.1) is 0 Å². The summed E-state index contributed by atoms with van der Waals surface area (Å²) in [5.41, 5.74) is 7.15. The van der Waals surface area contributed by atoms with E-state index in [0.29, 0.717) is 5.92 Å². The molecule has 2 N–H and O–H groups in total. The highest BCUT2D eigenvalue weighted by atomic mass is 16.5. The van der Waals surface area contributed by atoms with Crippen molar-refractivity contribution in [2.24, 2.45) is 5.73 Å². The van der Waals surface area contributed by atoms with Crippen LogP contribution in [0.4, 0.5) is 0 Å². The Hall–Kier alpha value is -1.80. The Balaban J connectivity index is 1.96. The van der Waals surface area contributed by atoms with Gasteiger partial charge in [0, 0.05) is 6.04 Å². The molecule has 0 aliphatic heterocycles. The molecular formula is C18H23NO. The van der Waals surface area contributed by atoms with Gasteiger partial charge in [-0.15, -0.1) is 0 Å². The number of nitrogens with two attached hydrogens (primary N) is 1. The summed E-state index contributed by atoms with van der Waals surface area (Å²) >= 11 is 0. The molecule has 2 atom stereocenters. The van der Waals surface area contributed by atoms with E-state index in [0.717, 1.165) is 24.3 Å². The van der Waals surface area contributed by atoms with E-state index in [2.05, 4.69) is 26.0 Å². The Morgan fingerprint density at radius 1 is 0.850 bits per heavy atom. The first kappa shape index (κ1) is 14.6. The molecule has 2 rings (SSSR count). The molecule has 0 amide bonds. The van der Waals surface area contributed by atoms with E-state index in [4.69, 9.17) is 10.5 Å². The van der Waals surface area contributed by atoms with Gasteiger partial charge in [-0.2, -0.15) is 0 Å². The molecule has 0 aliphatic carbocycles. The van der Waals surface area contributed by atoms with Crippen LogP contribution in [0.3, 0.4) is 0 Å². The number of hydrogen-bond acceptors (Lipinski definition) is 2. The smallest absolute Gasteiger partial charge is 0.127 e. The third-order valence-corrected chi connectivity index (χ3v) is 3.48. The molecule has 2 aromatic rings. The van der Waals surface area contributed by atoms with Gasteiger partial charge in [-0.1, -0.05) is 37.3 Å². The SMILES string of the molecule is CC(N)CCC(C)c1ccc(Oc2ccccc2)cc1. The van der Waals surface area contributed by atoms with Crippen LogP contribution in [0.25, 0.3) is 0 Å². The molecule has 20 heavy (non-hydrogen) atoms. The zero-order chi connectivity index (χ0) is 14.4. The van der Waals surface area contributed by atoms with Crippen molar-refractivity contribution in [3.05, 3.63) is 60.2 Å². The van der Waals surface area contributed by atoms with Gasteiger partial charge in [0.15, 0.2) is 0 Å². The Labute approximate surface area is 121 Å². The Kier molecular flexibility index (Phi) is 5.19. The molecule has 0 fully saturated rings. The van der Waals surface area contributed by atoms with Crippen LogP contribution in [-0.2, 0) is 0 Å². The topological polar surface area (TPSA) is 35.2 Å². The van der Waals surface area contributed by atoms with E-state index >= 15 is 0 Å². The van der Waals surface area contributed by atoms with Crippen LogP contribution in [-0.4, -0.2) is 6.04 Å². The van der Waals surface area contributed by atoms with Crippen LogP contribution in [0.5, 0.6) is 11.5 Å². The number of rotatable bonds is 6. The van der Waals surface area contributed by atoms with Gasteiger partial charge in [0.25, 0.3) is 0 Å². The van der Waals surface area contributed by atoms with Gasteiger partial charge in [0.05, 0.1) is 0 Å². The van der Waals surface area contributed by atoms with E-state index in [1.54, 1.807) is 0 Å². The van der Waals surface area contributed by atoms with Gasteiger partial charge in [-0.05, 0) is 55.5 Å². The lowest BCUT2D eigenvalue weighted by atomic mass is 9.95. The molecule has 2 aromatic carbocycles. The molecule has 0 saturated carbocycles. The van der Waals surface area contributed by atoms with Crippen molar-refractivity contribution >= 4 is 0 Å². The normalized spacial score (nSPS) is 13.8. The Bertz CT molecular complexity index is 505. The largest absolute Gasteiger partial charge is 0.457 e. The van der Waals surface area contributed by atoms with Crippen molar-refractivity contribution in [3.8, 4) is 11.5 Å². The quantitative estimate of drug-likeness (QED) is 0.824. The molecule has 0 heterocycles. The summed E-state index contributed by atoms with van der Waals surface area (Å²) in [5.74, 6) is 2.27. The molecule has 2 nitrogen and oxygen atoms in total. The number of para-hydroxylation sites is 1. The highest BCUT2D eigenvalue weighted by molar-refractivity contribution is 5.33. The fourth-order valence-corrected chi connectivity index (χ4v) is 2.17. The average molecular weight is 269 g/mol. The first-order valence-corrected chi connectivity index (χ1v) is 7.23. The maximum atomic E-state index is 5.81. The van der Waals surface area contributed by atoms with Gasteiger partial charge in [-0.3, -0.25) is 0 Å². The number of benzene rings is 2. The van der Waals surface area contributed by atoms with Crippen LogP contribution in [0.1, 0.15) is 38.2 Å². The van der Waals surface area contributed by atoms with Crippen molar-refractivity contribution in [3.63, 3.8) is 0 Å². The van der Waals surface area contributed by atoms with Crippen molar-refractivity contribution in [1.29, 1.82) is 0 Å². The molecule has 0 bridgehead atoms. The summed E-state index contributed by atoms with van der Waals surface area (Å²) in [7, 11) is 0. The third-order valence-electron chi connectivity index (χ3n) is 3.48. The number of hydrogen-bond donors (Lipinski definition) is 1. The number of ether oxygens (including phenoxy) is 1. The van der Waals surface area contributed by atoms with Gasteiger partial charge in [0.2, 0.25) is 0 Å². The summed E-state index contributed by atoms with van der Waals surface area (Å²) < 4.78 is 5.79. The predicted octanol–water partition coefficient (Wildman–Crippen LogP) is 4.71. The Morgan fingerprint density at radius 3 is 2.05 bits per heavy atom. The fourth-order valence-electron chi connectivity index (χ4n) is 2.17. The predicted molar refractivity (Wildman–Crippen MR) is 84.3 cm³/mol. The van der Waals surface area contributed by atoms with E-state index in [9.17, 15) is 0 Å². The van der Waals surface area contributed by atoms with E-state index in [-0.39, 0.29) is 6.04 Å². The second-order valence-corrected chi connectivity index (χ2v) is 5.44. The van der Waals surface area contributed by atoms with E-state index in [1.165, 1.54) is 5.56 Å². The van der Waals surface area contributed by atoms with Crippen LogP contribution < -0.4 is 10.5 Å². The van der Waals surface area contributed by atoms with Gasteiger partial charge in [-0.25, -0.2) is 0 Å². The zero-order valence-electron chi connectivity index (χ0n) is 12.3. The lowest BCUT2D eigenvalue weighted by molar-refractivity contribution is 0.482. The summed E-state index contributed by atoms with van der Waals surface area (Å²) in [5, 5.41) is 0. The molecule has 2 heteroatoms. The average Bonchev–Trinajstić information content (AvgIpc) is 2.46. The molecule has 2 unspecified atom stereocenters. The van der Waals surface area contributed by atoms with Gasteiger partial charge in [0.1, 0.15) is 11.5 Å². The second kappa shape index (κ2) is 7.11. The molecular weight excluding hydrogens is 246 g/mol. The lowest BCUT2D eigenvalue weighted by Crippen LogP contribution is -2.15. The second-order valence-electron chi connectivity index (χ2n) is 5.44. The maximum absolute atomic E-state index is 5.81.